The van der Waals surface area contributed by atoms with Gasteiger partial charge in [0.1, 0.15) is 0 Å². The Morgan fingerprint density at radius 3 is 2.32 bits per heavy atom. The van der Waals surface area contributed by atoms with Crippen molar-refractivity contribution in [2.24, 2.45) is 0 Å². The van der Waals surface area contributed by atoms with E-state index in [2.05, 4.69) is 6.92 Å². The topological polar surface area (TPSA) is 46.6 Å². The van der Waals surface area contributed by atoms with Crippen LogP contribution in [0.3, 0.4) is 0 Å². The molecule has 0 spiro atoms. The van der Waals surface area contributed by atoms with E-state index in [1.54, 1.807) is 48.2 Å². The number of esters is 1. The number of carbonyl (C=O) groups excluding carboxylic acids is 2. The summed E-state index contributed by atoms with van der Waals surface area (Å²) in [7, 11) is 0. The Morgan fingerprint density at radius 1 is 1.00 bits per heavy atom. The molecule has 0 aliphatic heterocycles. The lowest BCUT2D eigenvalue weighted by Crippen LogP contribution is -2.30. The molecule has 2 aromatic rings. The monoisotopic (exact) mass is 421 g/mol. The number of rotatable bonds is 9. The predicted molar refractivity (Wildman–Crippen MR) is 114 cm³/mol. The minimum Gasteiger partial charge on any atom is -0.462 e. The molecular weight excluding hydrogens is 397 g/mol. The molecular formula is C22H25Cl2NO3. The van der Waals surface area contributed by atoms with Crippen molar-refractivity contribution in [2.75, 3.05) is 11.5 Å². The number of nitrogens with zero attached hydrogens (tertiary/aromatic N) is 1. The van der Waals surface area contributed by atoms with E-state index < -0.39 is 0 Å². The van der Waals surface area contributed by atoms with E-state index in [-0.39, 0.29) is 11.9 Å². The molecule has 0 aliphatic carbocycles. The van der Waals surface area contributed by atoms with Crippen LogP contribution in [0.2, 0.25) is 10.0 Å². The summed E-state index contributed by atoms with van der Waals surface area (Å²) in [4.78, 5) is 26.5. The number of unbranched alkanes of at least 4 members (excludes halogenated alkanes) is 2. The highest BCUT2D eigenvalue weighted by atomic mass is 35.5. The van der Waals surface area contributed by atoms with Gasteiger partial charge in [-0.2, -0.15) is 0 Å². The third-order valence-corrected chi connectivity index (χ3v) is 4.92. The van der Waals surface area contributed by atoms with Gasteiger partial charge < -0.3 is 9.64 Å². The molecule has 150 valence electrons. The van der Waals surface area contributed by atoms with Gasteiger partial charge in [-0.05, 0) is 55.3 Å². The minimum atomic E-state index is -0.379. The van der Waals surface area contributed by atoms with Crippen LogP contribution in [0.4, 0.5) is 5.69 Å². The lowest BCUT2D eigenvalue weighted by molar-refractivity contribution is -0.118. The first-order chi connectivity index (χ1) is 13.5. The van der Waals surface area contributed by atoms with Crippen molar-refractivity contribution < 1.29 is 14.3 Å². The summed E-state index contributed by atoms with van der Waals surface area (Å²) in [5.74, 6) is -0.362. The third-order valence-electron chi connectivity index (χ3n) is 4.33. The van der Waals surface area contributed by atoms with Crippen LogP contribution in [0.1, 0.15) is 55.5 Å². The van der Waals surface area contributed by atoms with E-state index in [1.807, 2.05) is 6.07 Å². The molecule has 0 radical (unpaired) electrons. The lowest BCUT2D eigenvalue weighted by atomic mass is 10.1. The number of ether oxygens (including phenoxy) is 1. The van der Waals surface area contributed by atoms with E-state index in [9.17, 15) is 9.59 Å². The summed E-state index contributed by atoms with van der Waals surface area (Å²) in [5, 5.41) is 1.07. The van der Waals surface area contributed by atoms with E-state index in [0.717, 1.165) is 24.8 Å². The Kier molecular flexibility index (Phi) is 8.81. The molecule has 0 aromatic heterocycles. The molecule has 2 aromatic carbocycles. The standard InChI is InChI=1S/C22H25Cl2NO3/c1-3-5-6-7-21(26)25(15-17-8-11-18(23)14-20(17)24)19-12-9-16(10-13-19)22(27)28-4-2/h8-14H,3-7,15H2,1-2H3. The summed E-state index contributed by atoms with van der Waals surface area (Å²) in [5.41, 5.74) is 1.97. The van der Waals surface area contributed by atoms with Crippen molar-refractivity contribution in [1.29, 1.82) is 0 Å². The van der Waals surface area contributed by atoms with Crippen molar-refractivity contribution in [3.8, 4) is 0 Å². The zero-order valence-electron chi connectivity index (χ0n) is 16.2. The van der Waals surface area contributed by atoms with E-state index >= 15 is 0 Å². The normalized spacial score (nSPS) is 10.6. The number of carbonyl (C=O) groups is 2. The fourth-order valence-corrected chi connectivity index (χ4v) is 3.27. The van der Waals surface area contributed by atoms with Crippen molar-refractivity contribution in [3.05, 3.63) is 63.6 Å². The molecule has 2 rings (SSSR count). The molecule has 0 heterocycles. The summed E-state index contributed by atoms with van der Waals surface area (Å²) >= 11 is 12.3. The molecule has 0 saturated heterocycles. The molecule has 0 bridgehead atoms. The molecule has 28 heavy (non-hydrogen) atoms. The van der Waals surface area contributed by atoms with Crippen molar-refractivity contribution in [1.82, 2.24) is 0 Å². The molecule has 4 nitrogen and oxygen atoms in total. The average molecular weight is 422 g/mol. The number of hydrogen-bond acceptors (Lipinski definition) is 3. The number of halogens is 2. The van der Waals surface area contributed by atoms with Crippen LogP contribution in [0.5, 0.6) is 0 Å². The van der Waals surface area contributed by atoms with Gasteiger partial charge in [0.2, 0.25) is 5.91 Å². The van der Waals surface area contributed by atoms with Gasteiger partial charge in [0.15, 0.2) is 0 Å². The van der Waals surface area contributed by atoms with Crippen LogP contribution in [0.15, 0.2) is 42.5 Å². The second kappa shape index (κ2) is 11.1. The second-order valence-corrected chi connectivity index (χ2v) is 7.28. The molecule has 0 fully saturated rings. The van der Waals surface area contributed by atoms with Gasteiger partial charge in [-0.25, -0.2) is 4.79 Å². The second-order valence-electron chi connectivity index (χ2n) is 6.44. The van der Waals surface area contributed by atoms with Crippen molar-refractivity contribution >= 4 is 40.8 Å². The van der Waals surface area contributed by atoms with Gasteiger partial charge in [-0.1, -0.05) is 49.0 Å². The molecule has 1 amide bonds. The highest BCUT2D eigenvalue weighted by Gasteiger charge is 2.18. The fraction of sp³-hybridized carbons (Fsp3) is 0.364. The largest absolute Gasteiger partial charge is 0.462 e. The Bertz CT molecular complexity index is 806. The van der Waals surface area contributed by atoms with Gasteiger partial charge in [0.25, 0.3) is 0 Å². The molecule has 0 unspecified atom stereocenters. The summed E-state index contributed by atoms with van der Waals surface area (Å²) in [6.45, 7) is 4.51. The quantitative estimate of drug-likeness (QED) is 0.353. The van der Waals surface area contributed by atoms with Crippen LogP contribution >= 0.6 is 23.2 Å². The average Bonchev–Trinajstić information content (AvgIpc) is 2.68. The van der Waals surface area contributed by atoms with Crippen LogP contribution in [-0.2, 0) is 16.1 Å². The molecule has 0 atom stereocenters. The van der Waals surface area contributed by atoms with Crippen LogP contribution in [0.25, 0.3) is 0 Å². The first-order valence-electron chi connectivity index (χ1n) is 9.47. The summed E-state index contributed by atoms with van der Waals surface area (Å²) < 4.78 is 5.01. The summed E-state index contributed by atoms with van der Waals surface area (Å²) in [6.07, 6.45) is 3.34. The maximum atomic E-state index is 12.9. The Labute approximate surface area is 176 Å². The Balaban J connectivity index is 2.26. The molecule has 0 saturated carbocycles. The van der Waals surface area contributed by atoms with E-state index in [4.69, 9.17) is 27.9 Å². The fourth-order valence-electron chi connectivity index (χ4n) is 2.80. The molecule has 6 heteroatoms. The highest BCUT2D eigenvalue weighted by Crippen LogP contribution is 2.26. The molecule has 0 N–H and O–H groups in total. The molecule has 0 aliphatic rings. The van der Waals surface area contributed by atoms with Gasteiger partial charge >= 0.3 is 5.97 Å². The van der Waals surface area contributed by atoms with Crippen LogP contribution < -0.4 is 4.90 Å². The predicted octanol–water partition coefficient (Wildman–Crippen LogP) is 6.28. The van der Waals surface area contributed by atoms with E-state index in [0.29, 0.717) is 40.9 Å². The van der Waals surface area contributed by atoms with E-state index in [1.165, 1.54) is 0 Å². The Hall–Kier alpha value is -2.04. The van der Waals surface area contributed by atoms with Gasteiger partial charge in [0, 0.05) is 22.2 Å². The number of benzene rings is 2. The minimum absolute atomic E-state index is 0.0170. The third kappa shape index (κ3) is 6.25. The zero-order chi connectivity index (χ0) is 20.5. The highest BCUT2D eigenvalue weighted by molar-refractivity contribution is 6.35. The van der Waals surface area contributed by atoms with Crippen molar-refractivity contribution in [3.63, 3.8) is 0 Å². The number of anilines is 1. The Morgan fingerprint density at radius 2 is 1.71 bits per heavy atom. The van der Waals surface area contributed by atoms with Gasteiger partial charge in [-0.15, -0.1) is 0 Å². The number of hydrogen-bond donors (Lipinski definition) is 0. The summed E-state index contributed by atoms with van der Waals surface area (Å²) in [6, 6.07) is 12.1. The number of amides is 1. The van der Waals surface area contributed by atoms with Gasteiger partial charge in [0.05, 0.1) is 18.7 Å². The zero-order valence-corrected chi connectivity index (χ0v) is 17.7. The van der Waals surface area contributed by atoms with Gasteiger partial charge in [-0.3, -0.25) is 4.79 Å². The first kappa shape index (κ1) is 22.3. The van der Waals surface area contributed by atoms with Crippen molar-refractivity contribution in [2.45, 2.75) is 46.1 Å². The first-order valence-corrected chi connectivity index (χ1v) is 10.2. The maximum absolute atomic E-state index is 12.9. The maximum Gasteiger partial charge on any atom is 0.338 e. The lowest BCUT2D eigenvalue weighted by Gasteiger charge is -2.24. The smallest absolute Gasteiger partial charge is 0.338 e. The SMILES string of the molecule is CCCCCC(=O)N(Cc1ccc(Cl)cc1Cl)c1ccc(C(=O)OCC)cc1. The van der Waals surface area contributed by atoms with Crippen LogP contribution in [0, 0.1) is 0 Å². The van der Waals surface area contributed by atoms with Crippen LogP contribution in [-0.4, -0.2) is 18.5 Å².